The van der Waals surface area contributed by atoms with Crippen LogP contribution in [0.15, 0.2) is 30.6 Å². The Morgan fingerprint density at radius 2 is 1.83 bits per heavy atom. The number of halogens is 6. The standard InChI is InChI=1S/C19H17Cl2F4N3O2/c20-10-3-7-26-13(9-10)15(18(30)5-1-11(22)2-6-18)28-17(29)12-4-8-27-16(14(12)21)19(23,24)25/h3-4,7-9,11,15,30H,1-2,5-6H2,(H,28,29)/t11-,15?,18+. The lowest BCUT2D eigenvalue weighted by Crippen LogP contribution is -2.49. The Morgan fingerprint density at radius 1 is 1.20 bits per heavy atom. The lowest BCUT2D eigenvalue weighted by atomic mass is 9.77. The van der Waals surface area contributed by atoms with Gasteiger partial charge in [-0.3, -0.25) is 14.8 Å². The van der Waals surface area contributed by atoms with Crippen LogP contribution in [0.3, 0.4) is 0 Å². The van der Waals surface area contributed by atoms with Crippen LogP contribution in [0.5, 0.6) is 0 Å². The smallest absolute Gasteiger partial charge is 0.387 e. The molecule has 0 aromatic carbocycles. The normalized spacial score (nSPS) is 23.1. The molecule has 2 heterocycles. The van der Waals surface area contributed by atoms with E-state index in [-0.39, 0.29) is 36.4 Å². The fourth-order valence-corrected chi connectivity index (χ4v) is 3.93. The van der Waals surface area contributed by atoms with Gasteiger partial charge in [0.25, 0.3) is 5.91 Å². The van der Waals surface area contributed by atoms with Crippen LogP contribution in [0, 0.1) is 0 Å². The number of aliphatic hydroxyl groups is 1. The largest absolute Gasteiger partial charge is 0.434 e. The second-order valence-corrected chi connectivity index (χ2v) is 7.92. The van der Waals surface area contributed by atoms with Crippen molar-refractivity contribution in [2.45, 2.75) is 49.7 Å². The first-order valence-corrected chi connectivity index (χ1v) is 9.77. The fourth-order valence-electron chi connectivity index (χ4n) is 3.46. The summed E-state index contributed by atoms with van der Waals surface area (Å²) in [5.41, 5.74) is -3.24. The molecule has 0 saturated heterocycles. The van der Waals surface area contributed by atoms with Crippen LogP contribution >= 0.6 is 23.2 Å². The number of rotatable bonds is 4. The molecule has 0 aliphatic heterocycles. The number of hydrogen-bond acceptors (Lipinski definition) is 4. The number of nitrogens with zero attached hydrogens (tertiary/aromatic N) is 2. The van der Waals surface area contributed by atoms with Gasteiger partial charge in [0.15, 0.2) is 5.69 Å². The Kier molecular flexibility index (Phi) is 6.54. The summed E-state index contributed by atoms with van der Waals surface area (Å²) in [6.07, 6.45) is -3.58. The van der Waals surface area contributed by atoms with E-state index in [4.69, 9.17) is 23.2 Å². The van der Waals surface area contributed by atoms with Crippen LogP contribution in [0.4, 0.5) is 17.6 Å². The van der Waals surface area contributed by atoms with Crippen LogP contribution in [0.1, 0.15) is 53.5 Å². The van der Waals surface area contributed by atoms with E-state index in [9.17, 15) is 27.5 Å². The van der Waals surface area contributed by atoms with Crippen molar-refractivity contribution in [3.05, 3.63) is 57.6 Å². The topological polar surface area (TPSA) is 75.1 Å². The van der Waals surface area contributed by atoms with Gasteiger partial charge in [-0.2, -0.15) is 13.2 Å². The number of aromatic nitrogens is 2. The molecule has 1 fully saturated rings. The van der Waals surface area contributed by atoms with Crippen molar-refractivity contribution in [2.24, 2.45) is 0 Å². The molecule has 162 valence electrons. The zero-order valence-corrected chi connectivity index (χ0v) is 16.9. The van der Waals surface area contributed by atoms with E-state index in [0.29, 0.717) is 0 Å². The Bertz CT molecular complexity index is 934. The molecule has 5 nitrogen and oxygen atoms in total. The molecule has 2 aromatic heterocycles. The number of nitrogens with one attached hydrogen (secondary N) is 1. The summed E-state index contributed by atoms with van der Waals surface area (Å²) >= 11 is 11.8. The summed E-state index contributed by atoms with van der Waals surface area (Å²) in [5, 5.41) is 13.1. The van der Waals surface area contributed by atoms with E-state index in [2.05, 4.69) is 15.3 Å². The molecule has 30 heavy (non-hydrogen) atoms. The molecule has 0 bridgehead atoms. The Morgan fingerprint density at radius 3 is 2.43 bits per heavy atom. The first-order chi connectivity index (χ1) is 14.0. The highest BCUT2D eigenvalue weighted by Gasteiger charge is 2.43. The second-order valence-electron chi connectivity index (χ2n) is 7.10. The molecular weight excluding hydrogens is 449 g/mol. The molecule has 1 unspecified atom stereocenters. The Hall–Kier alpha value is -1.97. The van der Waals surface area contributed by atoms with Gasteiger partial charge >= 0.3 is 6.18 Å². The van der Waals surface area contributed by atoms with Gasteiger partial charge < -0.3 is 10.4 Å². The number of carbonyl (C=O) groups excluding carboxylic acids is 1. The van der Waals surface area contributed by atoms with E-state index in [1.807, 2.05) is 0 Å². The van der Waals surface area contributed by atoms with Gasteiger partial charge in [-0.15, -0.1) is 0 Å². The van der Waals surface area contributed by atoms with E-state index in [1.54, 1.807) is 0 Å². The Labute approximate surface area is 179 Å². The summed E-state index contributed by atoms with van der Waals surface area (Å²) in [7, 11) is 0. The molecule has 1 amide bonds. The number of hydrogen-bond donors (Lipinski definition) is 2. The molecule has 2 aromatic rings. The van der Waals surface area contributed by atoms with E-state index in [0.717, 1.165) is 12.3 Å². The van der Waals surface area contributed by atoms with Crippen LogP contribution in [-0.2, 0) is 6.18 Å². The highest BCUT2D eigenvalue weighted by Crippen LogP contribution is 2.40. The summed E-state index contributed by atoms with van der Waals surface area (Å²) in [6.45, 7) is 0. The zero-order chi connectivity index (χ0) is 22.1. The van der Waals surface area contributed by atoms with Crippen LogP contribution in [0.2, 0.25) is 10.0 Å². The van der Waals surface area contributed by atoms with Gasteiger partial charge in [0.05, 0.1) is 21.9 Å². The van der Waals surface area contributed by atoms with Gasteiger partial charge in [-0.05, 0) is 43.9 Å². The molecule has 1 aliphatic carbocycles. The SMILES string of the molecule is O=C(NC(c1cc(Cl)ccn1)[C@]1(O)CC[C@@H](F)CC1)c1ccnc(C(F)(F)F)c1Cl. The van der Waals surface area contributed by atoms with Crippen LogP contribution in [0.25, 0.3) is 0 Å². The van der Waals surface area contributed by atoms with Crippen molar-refractivity contribution in [1.82, 2.24) is 15.3 Å². The molecule has 1 atom stereocenters. The monoisotopic (exact) mass is 465 g/mol. The highest BCUT2D eigenvalue weighted by molar-refractivity contribution is 6.34. The summed E-state index contributed by atoms with van der Waals surface area (Å²) in [5.74, 6) is -0.963. The predicted molar refractivity (Wildman–Crippen MR) is 102 cm³/mol. The minimum absolute atomic E-state index is 0.0190. The molecule has 1 saturated carbocycles. The van der Waals surface area contributed by atoms with Gasteiger partial charge in [-0.1, -0.05) is 23.2 Å². The number of alkyl halides is 4. The lowest BCUT2D eigenvalue weighted by Gasteiger charge is -2.40. The van der Waals surface area contributed by atoms with Gasteiger partial charge in [-0.25, -0.2) is 4.39 Å². The summed E-state index contributed by atoms with van der Waals surface area (Å²) < 4.78 is 52.8. The second kappa shape index (κ2) is 8.64. The minimum Gasteiger partial charge on any atom is -0.387 e. The van der Waals surface area contributed by atoms with Gasteiger partial charge in [0.2, 0.25) is 0 Å². The van der Waals surface area contributed by atoms with Crippen molar-refractivity contribution < 1.29 is 27.5 Å². The number of pyridine rings is 2. The fraction of sp³-hybridized carbons (Fsp3) is 0.421. The third-order valence-corrected chi connectivity index (χ3v) is 5.65. The van der Waals surface area contributed by atoms with Crippen molar-refractivity contribution >= 4 is 29.1 Å². The quantitative estimate of drug-likeness (QED) is 0.628. The molecule has 1 aliphatic rings. The van der Waals surface area contributed by atoms with Gasteiger partial charge in [0.1, 0.15) is 12.2 Å². The maximum Gasteiger partial charge on any atom is 0.434 e. The van der Waals surface area contributed by atoms with Crippen molar-refractivity contribution in [2.75, 3.05) is 0 Å². The third-order valence-electron chi connectivity index (χ3n) is 5.04. The van der Waals surface area contributed by atoms with E-state index in [1.165, 1.54) is 18.3 Å². The van der Waals surface area contributed by atoms with Gasteiger partial charge in [0, 0.05) is 17.4 Å². The molecule has 11 heteroatoms. The molecular formula is C19H17Cl2F4N3O2. The maximum atomic E-state index is 13.6. The van der Waals surface area contributed by atoms with Crippen molar-refractivity contribution in [3.63, 3.8) is 0 Å². The zero-order valence-electron chi connectivity index (χ0n) is 15.4. The first kappa shape index (κ1) is 22.7. The average molecular weight is 466 g/mol. The van der Waals surface area contributed by atoms with E-state index >= 15 is 0 Å². The minimum atomic E-state index is -4.85. The summed E-state index contributed by atoms with van der Waals surface area (Å²) in [4.78, 5) is 20.1. The molecule has 0 radical (unpaired) electrons. The highest BCUT2D eigenvalue weighted by atomic mass is 35.5. The Balaban J connectivity index is 1.97. The number of carbonyl (C=O) groups is 1. The maximum absolute atomic E-state index is 13.6. The molecule has 0 spiro atoms. The summed E-state index contributed by atoms with van der Waals surface area (Å²) in [6, 6.07) is 2.80. The molecule has 2 N–H and O–H groups in total. The van der Waals surface area contributed by atoms with Crippen molar-refractivity contribution in [1.29, 1.82) is 0 Å². The first-order valence-electron chi connectivity index (χ1n) is 9.02. The number of amides is 1. The third kappa shape index (κ3) is 4.84. The van der Waals surface area contributed by atoms with Crippen molar-refractivity contribution in [3.8, 4) is 0 Å². The molecule has 3 rings (SSSR count). The predicted octanol–water partition coefficient (Wildman–Crippen LogP) is 4.92. The lowest BCUT2D eigenvalue weighted by molar-refractivity contribution is -0.141. The van der Waals surface area contributed by atoms with Crippen LogP contribution in [-0.4, -0.2) is 32.8 Å². The average Bonchev–Trinajstić information content (AvgIpc) is 2.67. The van der Waals surface area contributed by atoms with Crippen LogP contribution < -0.4 is 5.32 Å². The van der Waals surface area contributed by atoms with E-state index < -0.39 is 46.2 Å².